The van der Waals surface area contributed by atoms with Gasteiger partial charge in [-0.05, 0) is 76.2 Å². The molecule has 1 fully saturated rings. The third-order valence-corrected chi connectivity index (χ3v) is 7.18. The molecule has 25 heavy (non-hydrogen) atoms. The summed E-state index contributed by atoms with van der Waals surface area (Å²) in [5.74, 6) is 1.39. The fourth-order valence-electron chi connectivity index (χ4n) is 4.19. The van der Waals surface area contributed by atoms with Gasteiger partial charge in [-0.1, -0.05) is 13.0 Å². The lowest BCUT2D eigenvalue weighted by atomic mass is 9.86. The molecule has 1 unspecified atom stereocenters. The normalized spacial score (nSPS) is 27.7. The quantitative estimate of drug-likeness (QED) is 0.766. The third kappa shape index (κ3) is 3.65. The molecule has 2 heterocycles. The average molecular weight is 356 g/mol. The van der Waals surface area contributed by atoms with Gasteiger partial charge in [-0.2, -0.15) is 0 Å². The van der Waals surface area contributed by atoms with Crippen LogP contribution in [0.15, 0.2) is 23.2 Å². The zero-order valence-electron chi connectivity index (χ0n) is 15.7. The number of aliphatic imine (C=N–C) groups is 1. The van der Waals surface area contributed by atoms with E-state index in [-0.39, 0.29) is 0 Å². The molecular weight excluding hydrogens is 326 g/mol. The van der Waals surface area contributed by atoms with Crippen molar-refractivity contribution in [3.63, 3.8) is 0 Å². The molecule has 2 aromatic rings. The molecule has 3 nitrogen and oxygen atoms in total. The summed E-state index contributed by atoms with van der Waals surface area (Å²) in [5.41, 5.74) is 3.74. The molecule has 4 rings (SSSR count). The highest BCUT2D eigenvalue weighted by molar-refractivity contribution is 7.18. The molecule has 1 atom stereocenters. The number of rotatable bonds is 3. The van der Waals surface area contributed by atoms with Gasteiger partial charge < -0.3 is 4.90 Å². The second-order valence-electron chi connectivity index (χ2n) is 8.13. The average Bonchev–Trinajstić information content (AvgIpc) is 3.05. The Labute approximate surface area is 155 Å². The summed E-state index contributed by atoms with van der Waals surface area (Å²) in [6.45, 7) is 3.27. The van der Waals surface area contributed by atoms with Crippen LogP contribution in [-0.4, -0.2) is 42.3 Å². The van der Waals surface area contributed by atoms with E-state index in [9.17, 15) is 0 Å². The fraction of sp³-hybridized carbons (Fsp3) is 0.619. The van der Waals surface area contributed by atoms with Gasteiger partial charge in [-0.3, -0.25) is 4.99 Å². The molecule has 134 valence electrons. The first-order valence-electron chi connectivity index (χ1n) is 9.71. The molecule has 0 radical (unpaired) electrons. The van der Waals surface area contributed by atoms with Gasteiger partial charge >= 0.3 is 0 Å². The van der Waals surface area contributed by atoms with Crippen molar-refractivity contribution >= 4 is 27.3 Å². The van der Waals surface area contributed by atoms with E-state index in [1.807, 2.05) is 11.3 Å². The SMILES string of the molecule is CC1CCC(c2ccc3sc(C4CCC(N(C)C)CC4)nc3c2)=NC1. The van der Waals surface area contributed by atoms with Crippen LogP contribution in [-0.2, 0) is 0 Å². The molecule has 1 aromatic carbocycles. The smallest absolute Gasteiger partial charge is 0.0969 e. The number of hydrogen-bond donors (Lipinski definition) is 0. The van der Waals surface area contributed by atoms with Crippen molar-refractivity contribution in [2.75, 3.05) is 20.6 Å². The molecule has 0 bridgehead atoms. The highest BCUT2D eigenvalue weighted by atomic mass is 32.1. The van der Waals surface area contributed by atoms with E-state index < -0.39 is 0 Å². The Kier molecular flexibility index (Phi) is 4.92. The Balaban J connectivity index is 1.53. The van der Waals surface area contributed by atoms with E-state index in [1.165, 1.54) is 58.6 Å². The Morgan fingerprint density at radius 3 is 2.56 bits per heavy atom. The summed E-state index contributed by atoms with van der Waals surface area (Å²) in [7, 11) is 4.41. The maximum absolute atomic E-state index is 5.03. The van der Waals surface area contributed by atoms with Gasteiger partial charge in [0.25, 0.3) is 0 Å². The predicted octanol–water partition coefficient (Wildman–Crippen LogP) is 5.10. The molecule has 0 spiro atoms. The maximum atomic E-state index is 5.03. The van der Waals surface area contributed by atoms with Crippen molar-refractivity contribution in [3.8, 4) is 0 Å². The Morgan fingerprint density at radius 1 is 1.08 bits per heavy atom. The number of hydrogen-bond acceptors (Lipinski definition) is 4. The van der Waals surface area contributed by atoms with E-state index in [4.69, 9.17) is 9.98 Å². The Hall–Kier alpha value is -1.26. The number of thiazole rings is 1. The van der Waals surface area contributed by atoms with E-state index in [0.29, 0.717) is 5.92 Å². The minimum Gasteiger partial charge on any atom is -0.306 e. The molecule has 1 aliphatic heterocycles. The van der Waals surface area contributed by atoms with E-state index >= 15 is 0 Å². The molecule has 0 N–H and O–H groups in total. The molecule has 1 saturated carbocycles. The van der Waals surface area contributed by atoms with Crippen LogP contribution in [0.5, 0.6) is 0 Å². The zero-order chi connectivity index (χ0) is 17.4. The predicted molar refractivity (Wildman–Crippen MR) is 108 cm³/mol. The second-order valence-corrected chi connectivity index (χ2v) is 9.20. The van der Waals surface area contributed by atoms with Crippen molar-refractivity contribution < 1.29 is 0 Å². The van der Waals surface area contributed by atoms with Crippen LogP contribution in [0.25, 0.3) is 10.2 Å². The van der Waals surface area contributed by atoms with Gasteiger partial charge in [-0.15, -0.1) is 11.3 Å². The standard InChI is InChI=1S/C21H29N3S/c1-14-4-10-18(22-13-14)16-7-11-20-19(12-16)23-21(25-20)15-5-8-17(9-6-15)24(2)3/h7,11-12,14-15,17H,4-6,8-10,13H2,1-3H3. The lowest BCUT2D eigenvalue weighted by Gasteiger charge is -2.31. The minimum atomic E-state index is 0.657. The summed E-state index contributed by atoms with van der Waals surface area (Å²) < 4.78 is 1.33. The van der Waals surface area contributed by atoms with E-state index in [2.05, 4.69) is 44.1 Å². The van der Waals surface area contributed by atoms with Crippen LogP contribution in [0.2, 0.25) is 0 Å². The topological polar surface area (TPSA) is 28.5 Å². The highest BCUT2D eigenvalue weighted by Gasteiger charge is 2.25. The number of nitrogens with zero attached hydrogens (tertiary/aromatic N) is 3. The van der Waals surface area contributed by atoms with Gasteiger partial charge in [0.05, 0.1) is 15.2 Å². The summed E-state index contributed by atoms with van der Waals surface area (Å²) in [6, 6.07) is 7.54. The van der Waals surface area contributed by atoms with Crippen molar-refractivity contribution in [1.29, 1.82) is 0 Å². The van der Waals surface area contributed by atoms with Crippen LogP contribution in [0.4, 0.5) is 0 Å². The number of fused-ring (bicyclic) bond motifs is 1. The molecule has 1 aromatic heterocycles. The van der Waals surface area contributed by atoms with Gasteiger partial charge in [0, 0.05) is 24.2 Å². The molecular formula is C21H29N3S. The Morgan fingerprint density at radius 2 is 1.88 bits per heavy atom. The van der Waals surface area contributed by atoms with Crippen LogP contribution in [0, 0.1) is 5.92 Å². The van der Waals surface area contributed by atoms with E-state index in [1.54, 1.807) is 0 Å². The molecule has 4 heteroatoms. The van der Waals surface area contributed by atoms with Crippen LogP contribution in [0.1, 0.15) is 61.9 Å². The highest BCUT2D eigenvalue weighted by Crippen LogP contribution is 2.38. The number of benzene rings is 1. The first-order chi connectivity index (χ1) is 12.1. The van der Waals surface area contributed by atoms with Crippen LogP contribution >= 0.6 is 11.3 Å². The third-order valence-electron chi connectivity index (χ3n) is 5.98. The lowest BCUT2D eigenvalue weighted by molar-refractivity contribution is 0.216. The monoisotopic (exact) mass is 355 g/mol. The Bertz CT molecular complexity index is 769. The summed E-state index contributed by atoms with van der Waals surface area (Å²) in [4.78, 5) is 12.2. The number of aromatic nitrogens is 1. The largest absolute Gasteiger partial charge is 0.306 e. The van der Waals surface area contributed by atoms with Gasteiger partial charge in [0.15, 0.2) is 0 Å². The summed E-state index contributed by atoms with van der Waals surface area (Å²) in [6.07, 6.45) is 7.52. The lowest BCUT2D eigenvalue weighted by Crippen LogP contribution is -2.31. The van der Waals surface area contributed by atoms with Gasteiger partial charge in [-0.25, -0.2) is 4.98 Å². The van der Waals surface area contributed by atoms with Crippen molar-refractivity contribution in [2.45, 2.75) is 57.4 Å². The molecule has 2 aliphatic rings. The first-order valence-corrected chi connectivity index (χ1v) is 10.5. The second kappa shape index (κ2) is 7.16. The maximum Gasteiger partial charge on any atom is 0.0969 e. The summed E-state index contributed by atoms with van der Waals surface area (Å²) >= 11 is 1.90. The van der Waals surface area contributed by atoms with E-state index in [0.717, 1.165) is 24.9 Å². The van der Waals surface area contributed by atoms with Crippen molar-refractivity contribution in [3.05, 3.63) is 28.8 Å². The van der Waals surface area contributed by atoms with Crippen LogP contribution in [0.3, 0.4) is 0 Å². The summed E-state index contributed by atoms with van der Waals surface area (Å²) in [5, 5.41) is 1.35. The van der Waals surface area contributed by atoms with Crippen molar-refractivity contribution in [1.82, 2.24) is 9.88 Å². The minimum absolute atomic E-state index is 0.657. The van der Waals surface area contributed by atoms with Gasteiger partial charge in [0.2, 0.25) is 0 Å². The van der Waals surface area contributed by atoms with Gasteiger partial charge in [0.1, 0.15) is 0 Å². The molecule has 0 saturated heterocycles. The van der Waals surface area contributed by atoms with Crippen molar-refractivity contribution in [2.24, 2.45) is 10.9 Å². The first kappa shape index (κ1) is 17.2. The molecule has 0 amide bonds. The molecule has 1 aliphatic carbocycles. The van der Waals surface area contributed by atoms with Crippen LogP contribution < -0.4 is 0 Å². The fourth-order valence-corrected chi connectivity index (χ4v) is 5.31. The zero-order valence-corrected chi connectivity index (χ0v) is 16.5.